The van der Waals surface area contributed by atoms with Crippen molar-refractivity contribution in [2.75, 3.05) is 0 Å². The van der Waals surface area contributed by atoms with Gasteiger partial charge in [-0.1, -0.05) is 34.6 Å². The van der Waals surface area contributed by atoms with Crippen molar-refractivity contribution < 1.29 is 0 Å². The number of hydrogen-bond donors (Lipinski definition) is 1. The topological polar surface area (TPSA) is 12.0 Å². The van der Waals surface area contributed by atoms with E-state index < -0.39 is 0 Å². The Morgan fingerprint density at radius 3 is 2.29 bits per heavy atom. The molecule has 82 valence electrons. The first kappa shape index (κ1) is 10.5. The van der Waals surface area contributed by atoms with Gasteiger partial charge in [0.05, 0.1) is 0 Å². The molecule has 0 spiro atoms. The number of nitrogens with one attached hydrogen (secondary N) is 1. The van der Waals surface area contributed by atoms with Gasteiger partial charge in [-0.05, 0) is 36.0 Å². The molecule has 2 aliphatic carbocycles. The van der Waals surface area contributed by atoms with Crippen molar-refractivity contribution in [3.63, 3.8) is 0 Å². The van der Waals surface area contributed by atoms with Crippen LogP contribution in [0.15, 0.2) is 0 Å². The molecule has 0 saturated heterocycles. The predicted octanol–water partition coefficient (Wildman–Crippen LogP) is 3.20. The van der Waals surface area contributed by atoms with E-state index in [0.717, 1.165) is 12.0 Å². The number of fused-ring (bicyclic) bond motifs is 2. The fourth-order valence-electron chi connectivity index (χ4n) is 4.05. The molecular weight excluding hydrogens is 170 g/mol. The highest BCUT2D eigenvalue weighted by Crippen LogP contribution is 2.62. The van der Waals surface area contributed by atoms with Crippen molar-refractivity contribution in [3.8, 4) is 0 Å². The van der Waals surface area contributed by atoms with Crippen molar-refractivity contribution in [1.82, 2.24) is 5.32 Å². The second kappa shape index (κ2) is 2.98. The third-order valence-corrected chi connectivity index (χ3v) is 4.77. The minimum absolute atomic E-state index is 0.511. The van der Waals surface area contributed by atoms with Crippen molar-refractivity contribution in [1.29, 1.82) is 0 Å². The Labute approximate surface area is 88.7 Å². The Balaban J connectivity index is 2.21. The summed E-state index contributed by atoms with van der Waals surface area (Å²) in [6, 6.07) is 1.35. The van der Waals surface area contributed by atoms with Crippen LogP contribution in [0.2, 0.25) is 0 Å². The molecule has 0 unspecified atom stereocenters. The van der Waals surface area contributed by atoms with Crippen molar-refractivity contribution in [2.24, 2.45) is 16.7 Å². The molecule has 0 radical (unpaired) electrons. The lowest BCUT2D eigenvalue weighted by Gasteiger charge is -2.44. The van der Waals surface area contributed by atoms with Crippen LogP contribution in [0.5, 0.6) is 0 Å². The minimum Gasteiger partial charge on any atom is -0.311 e. The van der Waals surface area contributed by atoms with Gasteiger partial charge in [0, 0.05) is 12.1 Å². The monoisotopic (exact) mass is 195 g/mol. The van der Waals surface area contributed by atoms with Crippen molar-refractivity contribution >= 4 is 0 Å². The lowest BCUT2D eigenvalue weighted by molar-refractivity contribution is 0.102. The van der Waals surface area contributed by atoms with Crippen molar-refractivity contribution in [2.45, 2.75) is 66.0 Å². The van der Waals surface area contributed by atoms with E-state index in [1.807, 2.05) is 0 Å². The third kappa shape index (κ3) is 1.32. The van der Waals surface area contributed by atoms with Gasteiger partial charge in [0.2, 0.25) is 0 Å². The van der Waals surface area contributed by atoms with E-state index in [1.165, 1.54) is 19.3 Å². The van der Waals surface area contributed by atoms with Crippen molar-refractivity contribution in [3.05, 3.63) is 0 Å². The van der Waals surface area contributed by atoms with E-state index >= 15 is 0 Å². The zero-order valence-electron chi connectivity index (χ0n) is 10.4. The quantitative estimate of drug-likeness (QED) is 0.713. The molecule has 2 fully saturated rings. The smallest absolute Gasteiger partial charge is 0.0177 e. The van der Waals surface area contributed by atoms with Gasteiger partial charge in [-0.15, -0.1) is 0 Å². The Hall–Kier alpha value is -0.0400. The summed E-state index contributed by atoms with van der Waals surface area (Å²) >= 11 is 0. The second-order valence-electron chi connectivity index (χ2n) is 6.67. The number of rotatable bonds is 2. The molecule has 0 aromatic rings. The normalized spacial score (nSPS) is 45.0. The van der Waals surface area contributed by atoms with Crippen LogP contribution in [0.3, 0.4) is 0 Å². The van der Waals surface area contributed by atoms with Crippen LogP contribution < -0.4 is 5.32 Å². The summed E-state index contributed by atoms with van der Waals surface area (Å²) in [4.78, 5) is 0. The summed E-state index contributed by atoms with van der Waals surface area (Å²) in [5.74, 6) is 0.962. The fourth-order valence-corrected chi connectivity index (χ4v) is 4.05. The molecule has 2 bridgehead atoms. The summed E-state index contributed by atoms with van der Waals surface area (Å²) in [6.07, 6.45) is 4.34. The molecule has 2 aliphatic rings. The average Bonchev–Trinajstić information content (AvgIpc) is 2.49. The Morgan fingerprint density at radius 1 is 1.21 bits per heavy atom. The van der Waals surface area contributed by atoms with Crippen LogP contribution in [0.1, 0.15) is 53.9 Å². The van der Waals surface area contributed by atoms with Gasteiger partial charge >= 0.3 is 0 Å². The average molecular weight is 195 g/mol. The highest BCUT2D eigenvalue weighted by Gasteiger charge is 2.59. The van der Waals surface area contributed by atoms with Crippen LogP contribution in [0.4, 0.5) is 0 Å². The van der Waals surface area contributed by atoms with Gasteiger partial charge < -0.3 is 5.32 Å². The summed E-state index contributed by atoms with van der Waals surface area (Å²) < 4.78 is 0. The van der Waals surface area contributed by atoms with Crippen LogP contribution in [0.25, 0.3) is 0 Å². The zero-order valence-corrected chi connectivity index (χ0v) is 10.4. The maximum atomic E-state index is 3.80. The fraction of sp³-hybridized carbons (Fsp3) is 1.00. The van der Waals surface area contributed by atoms with E-state index in [1.54, 1.807) is 0 Å². The van der Waals surface area contributed by atoms with Crippen LogP contribution in [-0.2, 0) is 0 Å². The standard InChI is InChI=1S/C13H25N/c1-9(2)14-11-12(3,4)10-6-7-13(11,5)8-10/h9-11,14H,6-8H2,1-5H3/t10-,11+,13+/m1/s1. The summed E-state index contributed by atoms with van der Waals surface area (Å²) in [5.41, 5.74) is 1.09. The molecule has 1 nitrogen and oxygen atoms in total. The van der Waals surface area contributed by atoms with Gasteiger partial charge in [0.15, 0.2) is 0 Å². The van der Waals surface area contributed by atoms with E-state index in [-0.39, 0.29) is 0 Å². The highest BCUT2D eigenvalue weighted by molar-refractivity contribution is 5.12. The lowest BCUT2D eigenvalue weighted by Crippen LogP contribution is -2.52. The van der Waals surface area contributed by atoms with E-state index in [0.29, 0.717) is 16.9 Å². The second-order valence-corrected chi connectivity index (χ2v) is 6.67. The van der Waals surface area contributed by atoms with Gasteiger partial charge in [-0.25, -0.2) is 0 Å². The number of hydrogen-bond acceptors (Lipinski definition) is 1. The molecule has 2 saturated carbocycles. The minimum atomic E-state index is 0.511. The van der Waals surface area contributed by atoms with E-state index in [4.69, 9.17) is 0 Å². The van der Waals surface area contributed by atoms with E-state index in [2.05, 4.69) is 39.9 Å². The molecule has 0 amide bonds. The first-order chi connectivity index (χ1) is 6.36. The largest absolute Gasteiger partial charge is 0.311 e. The molecule has 1 heteroatoms. The first-order valence-electron chi connectivity index (χ1n) is 6.12. The lowest BCUT2D eigenvalue weighted by atomic mass is 9.68. The third-order valence-electron chi connectivity index (χ3n) is 4.77. The molecule has 1 N–H and O–H groups in total. The van der Waals surface area contributed by atoms with E-state index in [9.17, 15) is 0 Å². The summed E-state index contributed by atoms with van der Waals surface area (Å²) in [5, 5.41) is 3.80. The van der Waals surface area contributed by atoms with Crippen LogP contribution in [0, 0.1) is 16.7 Å². The van der Waals surface area contributed by atoms with Gasteiger partial charge in [0.1, 0.15) is 0 Å². The van der Waals surface area contributed by atoms with Gasteiger partial charge in [-0.3, -0.25) is 0 Å². The molecule has 0 aromatic carbocycles. The first-order valence-corrected chi connectivity index (χ1v) is 6.12. The van der Waals surface area contributed by atoms with Gasteiger partial charge in [0.25, 0.3) is 0 Å². The predicted molar refractivity (Wildman–Crippen MR) is 61.3 cm³/mol. The molecule has 0 aliphatic heterocycles. The maximum Gasteiger partial charge on any atom is 0.0177 e. The Morgan fingerprint density at radius 2 is 1.86 bits per heavy atom. The van der Waals surface area contributed by atoms with Crippen LogP contribution >= 0.6 is 0 Å². The summed E-state index contributed by atoms with van der Waals surface area (Å²) in [7, 11) is 0. The Bertz CT molecular complexity index is 227. The molecule has 0 aromatic heterocycles. The molecular formula is C13H25N. The maximum absolute atomic E-state index is 3.80. The highest BCUT2D eigenvalue weighted by atomic mass is 15.0. The SMILES string of the molecule is CC(C)N[C@H]1C(C)(C)[C@@H]2CC[C@@]1(C)C2. The molecule has 3 atom stereocenters. The molecule has 2 rings (SSSR count). The molecule has 0 heterocycles. The summed E-state index contributed by atoms with van der Waals surface area (Å²) in [6.45, 7) is 11.9. The zero-order chi connectivity index (χ0) is 10.6. The molecule has 14 heavy (non-hydrogen) atoms. The van der Waals surface area contributed by atoms with Gasteiger partial charge in [-0.2, -0.15) is 0 Å². The Kier molecular flexibility index (Phi) is 2.23. The van der Waals surface area contributed by atoms with Crippen LogP contribution in [-0.4, -0.2) is 12.1 Å².